The van der Waals surface area contributed by atoms with E-state index in [4.69, 9.17) is 14.2 Å². The molecule has 138 valence electrons. The van der Waals surface area contributed by atoms with Gasteiger partial charge in [0.1, 0.15) is 5.56 Å². The van der Waals surface area contributed by atoms with Crippen LogP contribution in [-0.2, 0) is 17.7 Å². The van der Waals surface area contributed by atoms with Crippen LogP contribution in [-0.4, -0.2) is 23.9 Å². The SMILES string of the molecule is CCCc1c(C(=O)OCC)c(=O)cc(C)n1Cc1ccc2c(c1)OCO2. The minimum atomic E-state index is -0.555. The fraction of sp³-hybridized carbons (Fsp3) is 0.400. The van der Waals surface area contributed by atoms with Crippen LogP contribution in [0.1, 0.15) is 47.6 Å². The summed E-state index contributed by atoms with van der Waals surface area (Å²) < 4.78 is 17.9. The van der Waals surface area contributed by atoms with E-state index in [-0.39, 0.29) is 24.4 Å². The van der Waals surface area contributed by atoms with Crippen molar-refractivity contribution in [2.45, 2.75) is 40.2 Å². The second-order valence-corrected chi connectivity index (χ2v) is 6.22. The van der Waals surface area contributed by atoms with E-state index in [2.05, 4.69) is 0 Å². The Morgan fingerprint density at radius 2 is 1.96 bits per heavy atom. The summed E-state index contributed by atoms with van der Waals surface area (Å²) in [4.78, 5) is 24.8. The molecule has 0 radical (unpaired) electrons. The van der Waals surface area contributed by atoms with Gasteiger partial charge in [-0.3, -0.25) is 4.79 Å². The number of rotatable bonds is 6. The summed E-state index contributed by atoms with van der Waals surface area (Å²) in [5, 5.41) is 0. The predicted octanol–water partition coefficient (Wildman–Crippen LogP) is 3.06. The van der Waals surface area contributed by atoms with E-state index in [1.807, 2.05) is 36.6 Å². The molecule has 6 nitrogen and oxygen atoms in total. The smallest absolute Gasteiger partial charge is 0.343 e. The molecular weight excluding hydrogens is 334 g/mol. The maximum atomic E-state index is 12.5. The van der Waals surface area contributed by atoms with Gasteiger partial charge in [-0.25, -0.2) is 4.79 Å². The van der Waals surface area contributed by atoms with Crippen molar-refractivity contribution in [1.82, 2.24) is 4.57 Å². The number of carbonyl (C=O) groups excluding carboxylic acids is 1. The first-order chi connectivity index (χ1) is 12.5. The molecule has 0 saturated carbocycles. The van der Waals surface area contributed by atoms with E-state index >= 15 is 0 Å². The van der Waals surface area contributed by atoms with Crippen LogP contribution >= 0.6 is 0 Å². The fourth-order valence-corrected chi connectivity index (χ4v) is 3.19. The zero-order valence-electron chi connectivity index (χ0n) is 15.3. The molecule has 1 aliphatic heterocycles. The summed E-state index contributed by atoms with van der Waals surface area (Å²) in [7, 11) is 0. The van der Waals surface area contributed by atoms with Crippen molar-refractivity contribution in [1.29, 1.82) is 0 Å². The summed E-state index contributed by atoms with van der Waals surface area (Å²) in [6.07, 6.45) is 1.44. The molecule has 6 heteroatoms. The van der Waals surface area contributed by atoms with Gasteiger partial charge in [-0.2, -0.15) is 0 Å². The zero-order chi connectivity index (χ0) is 18.7. The number of hydrogen-bond donors (Lipinski definition) is 0. The number of aryl methyl sites for hydroxylation is 1. The van der Waals surface area contributed by atoms with Crippen molar-refractivity contribution >= 4 is 5.97 Å². The van der Waals surface area contributed by atoms with Gasteiger partial charge in [0.25, 0.3) is 0 Å². The van der Waals surface area contributed by atoms with Gasteiger partial charge in [0, 0.05) is 24.0 Å². The molecule has 26 heavy (non-hydrogen) atoms. The summed E-state index contributed by atoms with van der Waals surface area (Å²) in [6, 6.07) is 7.27. The number of ether oxygens (including phenoxy) is 3. The van der Waals surface area contributed by atoms with Gasteiger partial charge in [0.2, 0.25) is 6.79 Å². The third-order valence-corrected chi connectivity index (χ3v) is 4.37. The monoisotopic (exact) mass is 357 g/mol. The second kappa shape index (κ2) is 7.64. The van der Waals surface area contributed by atoms with Crippen LogP contribution in [0.15, 0.2) is 29.1 Å². The van der Waals surface area contributed by atoms with Crippen LogP contribution in [0.4, 0.5) is 0 Å². The highest BCUT2D eigenvalue weighted by Crippen LogP contribution is 2.33. The molecule has 0 atom stereocenters. The number of hydrogen-bond acceptors (Lipinski definition) is 5. The predicted molar refractivity (Wildman–Crippen MR) is 97.1 cm³/mol. The molecule has 1 aromatic carbocycles. The number of carbonyl (C=O) groups is 1. The number of fused-ring (bicyclic) bond motifs is 1. The lowest BCUT2D eigenvalue weighted by Crippen LogP contribution is -2.26. The number of benzene rings is 1. The minimum Gasteiger partial charge on any atom is -0.462 e. The van der Waals surface area contributed by atoms with Crippen molar-refractivity contribution in [3.05, 3.63) is 57.0 Å². The lowest BCUT2D eigenvalue weighted by Gasteiger charge is -2.19. The molecule has 0 unspecified atom stereocenters. The summed E-state index contributed by atoms with van der Waals surface area (Å²) in [5.41, 5.74) is 2.39. The highest BCUT2D eigenvalue weighted by molar-refractivity contribution is 5.90. The van der Waals surface area contributed by atoms with Gasteiger partial charge in [0.15, 0.2) is 16.9 Å². The molecular formula is C20H23NO5. The van der Waals surface area contributed by atoms with Crippen molar-refractivity contribution < 1.29 is 19.0 Å². The van der Waals surface area contributed by atoms with Gasteiger partial charge in [-0.05, 0) is 38.0 Å². The minimum absolute atomic E-state index is 0.139. The highest BCUT2D eigenvalue weighted by atomic mass is 16.7. The van der Waals surface area contributed by atoms with E-state index < -0.39 is 5.97 Å². The van der Waals surface area contributed by atoms with Gasteiger partial charge in [-0.15, -0.1) is 0 Å². The Balaban J connectivity index is 2.06. The Hall–Kier alpha value is -2.76. The lowest BCUT2D eigenvalue weighted by molar-refractivity contribution is 0.0522. The first kappa shape index (κ1) is 18.0. The normalized spacial score (nSPS) is 12.3. The topological polar surface area (TPSA) is 66.8 Å². The van der Waals surface area contributed by atoms with Crippen LogP contribution in [0, 0.1) is 6.92 Å². The first-order valence-electron chi connectivity index (χ1n) is 8.84. The van der Waals surface area contributed by atoms with Gasteiger partial charge >= 0.3 is 5.97 Å². The van der Waals surface area contributed by atoms with E-state index in [1.165, 1.54) is 6.07 Å². The molecule has 2 aromatic rings. The maximum absolute atomic E-state index is 12.5. The molecule has 0 bridgehead atoms. The molecule has 0 amide bonds. The summed E-state index contributed by atoms with van der Waals surface area (Å²) >= 11 is 0. The number of aromatic nitrogens is 1. The van der Waals surface area contributed by atoms with Gasteiger partial charge in [-0.1, -0.05) is 19.4 Å². The van der Waals surface area contributed by atoms with Gasteiger partial charge < -0.3 is 18.8 Å². The molecule has 0 N–H and O–H groups in total. The number of esters is 1. The second-order valence-electron chi connectivity index (χ2n) is 6.22. The molecule has 2 heterocycles. The van der Waals surface area contributed by atoms with Gasteiger partial charge in [0.05, 0.1) is 6.61 Å². The van der Waals surface area contributed by atoms with E-state index in [9.17, 15) is 9.59 Å². The van der Waals surface area contributed by atoms with E-state index in [1.54, 1.807) is 6.92 Å². The average Bonchev–Trinajstić information content (AvgIpc) is 3.06. The van der Waals surface area contributed by atoms with Crippen LogP contribution in [0.25, 0.3) is 0 Å². The maximum Gasteiger partial charge on any atom is 0.343 e. The largest absolute Gasteiger partial charge is 0.462 e. The highest BCUT2D eigenvalue weighted by Gasteiger charge is 2.21. The van der Waals surface area contributed by atoms with E-state index in [0.717, 1.165) is 23.4 Å². The first-order valence-corrected chi connectivity index (χ1v) is 8.84. The van der Waals surface area contributed by atoms with Crippen molar-refractivity contribution in [2.24, 2.45) is 0 Å². The lowest BCUT2D eigenvalue weighted by atomic mass is 10.1. The summed E-state index contributed by atoms with van der Waals surface area (Å²) in [6.45, 7) is 6.63. The standard InChI is InChI=1S/C20H23NO5/c1-4-6-15-19(20(23)24-5-2)16(22)9-13(3)21(15)11-14-7-8-17-18(10-14)26-12-25-17/h7-10H,4-6,11-12H2,1-3H3. The third kappa shape index (κ3) is 3.45. The molecule has 3 rings (SSSR count). The van der Waals surface area contributed by atoms with E-state index in [0.29, 0.717) is 24.4 Å². The fourth-order valence-electron chi connectivity index (χ4n) is 3.19. The average molecular weight is 357 g/mol. The van der Waals surface area contributed by atoms with Crippen LogP contribution in [0.2, 0.25) is 0 Å². The van der Waals surface area contributed by atoms with Crippen molar-refractivity contribution in [3.8, 4) is 11.5 Å². The van der Waals surface area contributed by atoms with Crippen LogP contribution in [0.5, 0.6) is 11.5 Å². The molecule has 1 aromatic heterocycles. The number of nitrogens with zero attached hydrogens (tertiary/aromatic N) is 1. The molecule has 1 aliphatic rings. The quantitative estimate of drug-likeness (QED) is 0.744. The Bertz CT molecular complexity index is 885. The zero-order valence-corrected chi connectivity index (χ0v) is 15.3. The Morgan fingerprint density at radius 1 is 1.19 bits per heavy atom. The summed E-state index contributed by atoms with van der Waals surface area (Å²) in [5.74, 6) is 0.885. The van der Waals surface area contributed by atoms with Crippen molar-refractivity contribution in [3.63, 3.8) is 0 Å². The van der Waals surface area contributed by atoms with Crippen molar-refractivity contribution in [2.75, 3.05) is 13.4 Å². The Morgan fingerprint density at radius 3 is 2.69 bits per heavy atom. The number of pyridine rings is 1. The van der Waals surface area contributed by atoms with Crippen LogP contribution < -0.4 is 14.9 Å². The molecule has 0 spiro atoms. The Labute approximate surface area is 152 Å². The molecule has 0 saturated heterocycles. The molecule has 0 aliphatic carbocycles. The Kier molecular flexibility index (Phi) is 5.30. The van der Waals surface area contributed by atoms with Crippen LogP contribution in [0.3, 0.4) is 0 Å². The molecule has 0 fully saturated rings. The third-order valence-electron chi connectivity index (χ3n) is 4.37.